The molecule has 0 aliphatic carbocycles. The number of aryl methyl sites for hydroxylation is 2. The fraction of sp³-hybridized carbons (Fsp3) is 0.417. The third kappa shape index (κ3) is 4.80. The Hall–Kier alpha value is -3.26. The lowest BCUT2D eigenvalue weighted by atomic mass is 10.1. The molecule has 3 aromatic rings. The van der Waals surface area contributed by atoms with E-state index in [1.165, 1.54) is 17.7 Å². The standard InChI is InChI=1S/C24H29N3O5/c1-16-19(17(2)32-26-16)15-31-22-9-8-18(13-23(22)29-3)24(28)25-14-20(21-7-6-12-30-21)27-10-4-5-11-27/h6-9,12-13,20H,4-5,10-11,14-15H2,1-3H3,(H,25,28)/p+1/t20-/m0/s1. The Bertz CT molecular complexity index is 1020. The van der Waals surface area contributed by atoms with Crippen molar-refractivity contribution >= 4 is 5.91 Å². The zero-order valence-electron chi connectivity index (χ0n) is 18.8. The molecule has 8 heteroatoms. The first-order valence-electron chi connectivity index (χ1n) is 11.0. The first kappa shape index (κ1) is 22.0. The van der Waals surface area contributed by atoms with Crippen LogP contribution in [-0.4, -0.2) is 37.8 Å². The Labute approximate surface area is 187 Å². The second-order valence-corrected chi connectivity index (χ2v) is 8.10. The van der Waals surface area contributed by atoms with Crippen LogP contribution >= 0.6 is 0 Å². The highest BCUT2D eigenvalue weighted by atomic mass is 16.5. The van der Waals surface area contributed by atoms with Crippen LogP contribution in [0.15, 0.2) is 45.5 Å². The second-order valence-electron chi connectivity index (χ2n) is 8.10. The second kappa shape index (κ2) is 9.91. The highest BCUT2D eigenvalue weighted by molar-refractivity contribution is 5.94. The first-order valence-corrected chi connectivity index (χ1v) is 11.0. The normalized spacial score (nSPS) is 15.0. The summed E-state index contributed by atoms with van der Waals surface area (Å²) >= 11 is 0. The minimum absolute atomic E-state index is 0.107. The zero-order chi connectivity index (χ0) is 22.5. The van der Waals surface area contributed by atoms with E-state index in [4.69, 9.17) is 18.4 Å². The summed E-state index contributed by atoms with van der Waals surface area (Å²) in [4.78, 5) is 14.3. The smallest absolute Gasteiger partial charge is 0.251 e. The number of hydrogen-bond donors (Lipinski definition) is 2. The van der Waals surface area contributed by atoms with E-state index in [9.17, 15) is 4.79 Å². The van der Waals surface area contributed by atoms with E-state index in [0.717, 1.165) is 35.9 Å². The molecule has 1 aliphatic rings. The van der Waals surface area contributed by atoms with Crippen LogP contribution in [0.4, 0.5) is 0 Å². The van der Waals surface area contributed by atoms with Gasteiger partial charge in [0.1, 0.15) is 12.4 Å². The maximum Gasteiger partial charge on any atom is 0.251 e. The van der Waals surface area contributed by atoms with Gasteiger partial charge in [-0.3, -0.25) is 4.79 Å². The average Bonchev–Trinajstić information content (AvgIpc) is 3.57. The van der Waals surface area contributed by atoms with E-state index >= 15 is 0 Å². The fourth-order valence-corrected chi connectivity index (χ4v) is 4.20. The van der Waals surface area contributed by atoms with Gasteiger partial charge in [-0.1, -0.05) is 5.16 Å². The van der Waals surface area contributed by atoms with Crippen LogP contribution in [0.5, 0.6) is 11.5 Å². The number of nitrogens with zero attached hydrogens (tertiary/aromatic N) is 1. The molecule has 4 rings (SSSR count). The number of methoxy groups -OCH3 is 1. The number of nitrogens with one attached hydrogen (secondary N) is 2. The average molecular weight is 441 g/mol. The van der Waals surface area contributed by atoms with Crippen LogP contribution in [0.25, 0.3) is 0 Å². The van der Waals surface area contributed by atoms with Gasteiger partial charge in [-0.2, -0.15) is 0 Å². The van der Waals surface area contributed by atoms with Crippen LogP contribution in [0.2, 0.25) is 0 Å². The van der Waals surface area contributed by atoms with Gasteiger partial charge in [0.2, 0.25) is 0 Å². The van der Waals surface area contributed by atoms with Crippen molar-refractivity contribution in [3.05, 3.63) is 64.9 Å². The molecule has 1 aromatic carbocycles. The number of furan rings is 1. The third-order valence-electron chi connectivity index (χ3n) is 6.07. The van der Waals surface area contributed by atoms with Gasteiger partial charge in [-0.25, -0.2) is 0 Å². The van der Waals surface area contributed by atoms with Gasteiger partial charge in [-0.05, 0) is 44.2 Å². The van der Waals surface area contributed by atoms with Gasteiger partial charge in [-0.15, -0.1) is 0 Å². The van der Waals surface area contributed by atoms with Crippen molar-refractivity contribution in [3.8, 4) is 11.5 Å². The molecule has 170 valence electrons. The molecule has 2 N–H and O–H groups in total. The Morgan fingerprint density at radius 2 is 2.03 bits per heavy atom. The summed E-state index contributed by atoms with van der Waals surface area (Å²) in [5.41, 5.74) is 2.21. The summed E-state index contributed by atoms with van der Waals surface area (Å²) in [5.74, 6) is 2.53. The molecular formula is C24H30N3O5+. The number of aromatic nitrogens is 1. The zero-order valence-corrected chi connectivity index (χ0v) is 18.8. The molecule has 32 heavy (non-hydrogen) atoms. The molecule has 0 saturated carbocycles. The number of ether oxygens (including phenoxy) is 2. The van der Waals surface area contributed by atoms with Crippen molar-refractivity contribution in [1.29, 1.82) is 0 Å². The van der Waals surface area contributed by atoms with Crippen LogP contribution in [0.1, 0.15) is 52.0 Å². The molecule has 1 aliphatic heterocycles. The monoisotopic (exact) mass is 440 g/mol. The Balaban J connectivity index is 1.42. The fourth-order valence-electron chi connectivity index (χ4n) is 4.20. The van der Waals surface area contributed by atoms with Crippen LogP contribution in [0, 0.1) is 13.8 Å². The maximum atomic E-state index is 12.9. The number of quaternary nitrogens is 1. The number of likely N-dealkylation sites (tertiary alicyclic amines) is 1. The number of amides is 1. The molecular weight excluding hydrogens is 410 g/mol. The van der Waals surface area contributed by atoms with Crippen molar-refractivity contribution in [2.75, 3.05) is 26.7 Å². The Morgan fingerprint density at radius 1 is 1.22 bits per heavy atom. The van der Waals surface area contributed by atoms with Crippen LogP contribution in [0.3, 0.4) is 0 Å². The lowest BCUT2D eigenvalue weighted by Crippen LogP contribution is -3.11. The van der Waals surface area contributed by atoms with E-state index in [-0.39, 0.29) is 11.9 Å². The van der Waals surface area contributed by atoms with Crippen LogP contribution < -0.4 is 19.7 Å². The summed E-state index contributed by atoms with van der Waals surface area (Å²) in [6, 6.07) is 9.17. The summed E-state index contributed by atoms with van der Waals surface area (Å²) in [7, 11) is 1.56. The summed E-state index contributed by atoms with van der Waals surface area (Å²) in [5, 5.41) is 7.01. The molecule has 2 aromatic heterocycles. The highest BCUT2D eigenvalue weighted by Crippen LogP contribution is 2.29. The van der Waals surface area contributed by atoms with Gasteiger partial charge >= 0.3 is 0 Å². The van der Waals surface area contributed by atoms with Crippen LogP contribution in [-0.2, 0) is 6.61 Å². The predicted octanol–water partition coefficient (Wildman–Crippen LogP) is 2.62. The molecule has 8 nitrogen and oxygen atoms in total. The van der Waals surface area contributed by atoms with Crippen molar-refractivity contribution in [1.82, 2.24) is 10.5 Å². The quantitative estimate of drug-likeness (QED) is 0.532. The van der Waals surface area contributed by atoms with Gasteiger partial charge in [0.25, 0.3) is 5.91 Å². The minimum atomic E-state index is -0.157. The van der Waals surface area contributed by atoms with Gasteiger partial charge < -0.3 is 28.6 Å². The third-order valence-corrected chi connectivity index (χ3v) is 6.07. The molecule has 0 bridgehead atoms. The highest BCUT2D eigenvalue weighted by Gasteiger charge is 2.30. The van der Waals surface area contributed by atoms with Gasteiger partial charge in [0.05, 0.1) is 44.3 Å². The maximum absolute atomic E-state index is 12.9. The van der Waals surface area contributed by atoms with Crippen molar-refractivity contribution in [2.24, 2.45) is 0 Å². The molecule has 1 atom stereocenters. The van der Waals surface area contributed by atoms with Crippen molar-refractivity contribution in [3.63, 3.8) is 0 Å². The van der Waals surface area contributed by atoms with Crippen molar-refractivity contribution in [2.45, 2.75) is 39.3 Å². The van der Waals surface area contributed by atoms with E-state index in [1.807, 2.05) is 26.0 Å². The molecule has 1 fully saturated rings. The number of rotatable bonds is 9. The van der Waals surface area contributed by atoms with Crippen molar-refractivity contribution < 1.29 is 28.1 Å². The topological polar surface area (TPSA) is 91.2 Å². The molecule has 1 amide bonds. The summed E-state index contributed by atoms with van der Waals surface area (Å²) < 4.78 is 22.2. The molecule has 1 saturated heterocycles. The summed E-state index contributed by atoms with van der Waals surface area (Å²) in [6.45, 7) is 6.72. The Morgan fingerprint density at radius 3 is 2.69 bits per heavy atom. The Kier molecular flexibility index (Phi) is 6.80. The lowest BCUT2D eigenvalue weighted by Gasteiger charge is -2.23. The minimum Gasteiger partial charge on any atom is -0.493 e. The molecule has 3 heterocycles. The van der Waals surface area contributed by atoms with E-state index in [0.29, 0.717) is 30.2 Å². The summed E-state index contributed by atoms with van der Waals surface area (Å²) in [6.07, 6.45) is 4.09. The lowest BCUT2D eigenvalue weighted by molar-refractivity contribution is -0.919. The van der Waals surface area contributed by atoms with E-state index < -0.39 is 0 Å². The number of carbonyl (C=O) groups is 1. The number of benzene rings is 1. The number of carbonyl (C=O) groups excluding carboxylic acids is 1. The van der Waals surface area contributed by atoms with E-state index in [1.54, 1.807) is 31.6 Å². The van der Waals surface area contributed by atoms with Gasteiger partial charge in [0, 0.05) is 18.4 Å². The molecule has 0 radical (unpaired) electrons. The molecule has 0 spiro atoms. The largest absolute Gasteiger partial charge is 0.493 e. The molecule has 0 unspecified atom stereocenters. The SMILES string of the molecule is COc1cc(C(=O)NC[C@@H](c2ccco2)[NH+]2CCCC2)ccc1OCc1c(C)noc1C. The van der Waals surface area contributed by atoms with E-state index in [2.05, 4.69) is 10.5 Å². The number of hydrogen-bond acceptors (Lipinski definition) is 6. The van der Waals surface area contributed by atoms with Gasteiger partial charge in [0.15, 0.2) is 23.3 Å². The predicted molar refractivity (Wildman–Crippen MR) is 117 cm³/mol. The first-order chi connectivity index (χ1) is 15.6.